The highest BCUT2D eigenvalue weighted by molar-refractivity contribution is 5.37. The van der Waals surface area contributed by atoms with Crippen molar-refractivity contribution in [1.82, 2.24) is 0 Å². The molecule has 0 bridgehead atoms. The van der Waals surface area contributed by atoms with Gasteiger partial charge in [-0.25, -0.2) is 8.78 Å². The van der Waals surface area contributed by atoms with E-state index in [0.29, 0.717) is 11.1 Å². The van der Waals surface area contributed by atoms with Crippen LogP contribution in [0.25, 0.3) is 0 Å². The Morgan fingerprint density at radius 3 is 2.40 bits per heavy atom. The van der Waals surface area contributed by atoms with Crippen LogP contribution in [0.15, 0.2) is 48.5 Å². The van der Waals surface area contributed by atoms with Crippen molar-refractivity contribution >= 4 is 0 Å². The smallest absolute Gasteiger partial charge is 0.127 e. The van der Waals surface area contributed by atoms with Crippen LogP contribution in [0.4, 0.5) is 8.78 Å². The molecule has 0 aromatic heterocycles. The Kier molecular flexibility index (Phi) is 2.77. The molecule has 2 aromatic rings. The first-order valence-electron chi connectivity index (χ1n) is 4.60. The van der Waals surface area contributed by atoms with Gasteiger partial charge >= 0.3 is 0 Å². The second-order valence-electron chi connectivity index (χ2n) is 3.22. The van der Waals surface area contributed by atoms with Crippen LogP contribution in [0.5, 0.6) is 0 Å². The average Bonchev–Trinajstić information content (AvgIpc) is 2.22. The first-order chi connectivity index (χ1) is 7.25. The van der Waals surface area contributed by atoms with Gasteiger partial charge in [-0.1, -0.05) is 30.3 Å². The fraction of sp³-hybridized carbons (Fsp3) is 0. The Labute approximate surface area is 87.2 Å². The Morgan fingerprint density at radius 2 is 1.67 bits per heavy atom. The Bertz CT molecular complexity index is 464. The minimum absolute atomic E-state index is 0.304. The number of benzene rings is 2. The van der Waals surface area contributed by atoms with Crippen molar-refractivity contribution in [1.29, 1.82) is 0 Å². The van der Waals surface area contributed by atoms with Gasteiger partial charge in [-0.05, 0) is 29.3 Å². The number of hydrogen-bond donors (Lipinski definition) is 0. The van der Waals surface area contributed by atoms with Crippen molar-refractivity contribution in [3.63, 3.8) is 0 Å². The summed E-state index contributed by atoms with van der Waals surface area (Å²) in [5.74, 6) is -0.623. The molecule has 0 atom stereocenters. The van der Waals surface area contributed by atoms with Gasteiger partial charge in [-0.3, -0.25) is 0 Å². The molecule has 0 amide bonds. The summed E-state index contributed by atoms with van der Waals surface area (Å²) in [4.78, 5) is 0. The topological polar surface area (TPSA) is 0 Å². The minimum atomic E-state index is -0.319. The molecule has 0 fully saturated rings. The summed E-state index contributed by atoms with van der Waals surface area (Å²) in [6, 6.07) is 12.5. The van der Waals surface area contributed by atoms with Gasteiger partial charge < -0.3 is 0 Å². The third kappa shape index (κ3) is 2.40. The lowest BCUT2D eigenvalue weighted by Crippen LogP contribution is -1.89. The maximum absolute atomic E-state index is 13.3. The molecule has 0 aliphatic heterocycles. The second kappa shape index (κ2) is 4.22. The molecule has 0 heterocycles. The second-order valence-corrected chi connectivity index (χ2v) is 3.22. The summed E-state index contributed by atoms with van der Waals surface area (Å²) < 4.78 is 26.1. The predicted octanol–water partition coefficient (Wildman–Crippen LogP) is 3.57. The molecule has 0 N–H and O–H groups in total. The van der Waals surface area contributed by atoms with Crippen LogP contribution in [0.3, 0.4) is 0 Å². The van der Waals surface area contributed by atoms with E-state index in [-0.39, 0.29) is 11.6 Å². The molecule has 0 aliphatic carbocycles. The predicted molar refractivity (Wildman–Crippen MR) is 55.3 cm³/mol. The Balaban J connectivity index is 2.26. The van der Waals surface area contributed by atoms with Crippen LogP contribution in [0.2, 0.25) is 0 Å². The van der Waals surface area contributed by atoms with Gasteiger partial charge in [0, 0.05) is 6.42 Å². The first-order valence-corrected chi connectivity index (χ1v) is 4.60. The van der Waals surface area contributed by atoms with E-state index in [1.54, 1.807) is 36.8 Å². The lowest BCUT2D eigenvalue weighted by Gasteiger charge is -2.02. The summed E-state index contributed by atoms with van der Waals surface area (Å²) >= 11 is 0. The van der Waals surface area contributed by atoms with Gasteiger partial charge in [0.2, 0.25) is 0 Å². The fourth-order valence-corrected chi connectivity index (χ4v) is 1.37. The SMILES string of the molecule is Fc1cccc([CH]c2ccccc2F)c1. The van der Waals surface area contributed by atoms with E-state index >= 15 is 0 Å². The van der Waals surface area contributed by atoms with Crippen LogP contribution >= 0.6 is 0 Å². The summed E-state index contributed by atoms with van der Waals surface area (Å²) in [5.41, 5.74) is 1.11. The Hall–Kier alpha value is -1.70. The molecule has 0 nitrogen and oxygen atoms in total. The highest BCUT2D eigenvalue weighted by Gasteiger charge is 2.02. The lowest BCUT2D eigenvalue weighted by atomic mass is 10.0. The van der Waals surface area contributed by atoms with Crippen molar-refractivity contribution < 1.29 is 8.78 Å². The van der Waals surface area contributed by atoms with Crippen molar-refractivity contribution in [2.45, 2.75) is 0 Å². The number of rotatable bonds is 2. The van der Waals surface area contributed by atoms with Gasteiger partial charge in [0.1, 0.15) is 11.6 Å². The normalized spacial score (nSPS) is 10.3. The molecule has 0 unspecified atom stereocenters. The molecular formula is C13H9F2. The van der Waals surface area contributed by atoms with E-state index in [1.165, 1.54) is 18.2 Å². The van der Waals surface area contributed by atoms with E-state index in [0.717, 1.165) is 0 Å². The molecule has 2 aromatic carbocycles. The average molecular weight is 203 g/mol. The largest absolute Gasteiger partial charge is 0.207 e. The fourth-order valence-electron chi connectivity index (χ4n) is 1.37. The van der Waals surface area contributed by atoms with Gasteiger partial charge in [0.05, 0.1) is 0 Å². The summed E-state index contributed by atoms with van der Waals surface area (Å²) in [7, 11) is 0. The molecule has 0 saturated heterocycles. The standard InChI is InChI=1S/C13H9F2/c14-12-6-3-4-10(9-12)8-11-5-1-2-7-13(11)15/h1-9H. The van der Waals surface area contributed by atoms with Crippen LogP contribution in [0.1, 0.15) is 11.1 Å². The minimum Gasteiger partial charge on any atom is -0.207 e. The van der Waals surface area contributed by atoms with E-state index in [2.05, 4.69) is 0 Å². The van der Waals surface area contributed by atoms with Gasteiger partial charge in [0.15, 0.2) is 0 Å². The third-order valence-corrected chi connectivity index (χ3v) is 2.08. The lowest BCUT2D eigenvalue weighted by molar-refractivity contribution is 0.619. The summed E-state index contributed by atoms with van der Waals surface area (Å²) in [6.07, 6.45) is 1.61. The Morgan fingerprint density at radius 1 is 0.867 bits per heavy atom. The number of hydrogen-bond acceptors (Lipinski definition) is 0. The molecular weight excluding hydrogens is 194 g/mol. The molecule has 15 heavy (non-hydrogen) atoms. The molecule has 0 saturated carbocycles. The quantitative estimate of drug-likeness (QED) is 0.700. The zero-order chi connectivity index (χ0) is 10.7. The maximum atomic E-state index is 13.3. The van der Waals surface area contributed by atoms with Crippen molar-refractivity contribution in [2.75, 3.05) is 0 Å². The molecule has 2 rings (SSSR count). The monoisotopic (exact) mass is 203 g/mol. The van der Waals surface area contributed by atoms with Crippen LogP contribution in [-0.4, -0.2) is 0 Å². The molecule has 1 radical (unpaired) electrons. The van der Waals surface area contributed by atoms with Gasteiger partial charge in [-0.15, -0.1) is 0 Å². The van der Waals surface area contributed by atoms with E-state index in [4.69, 9.17) is 0 Å². The molecule has 75 valence electrons. The van der Waals surface area contributed by atoms with Crippen LogP contribution < -0.4 is 0 Å². The molecule has 2 heteroatoms. The highest BCUT2D eigenvalue weighted by atomic mass is 19.1. The zero-order valence-electron chi connectivity index (χ0n) is 7.95. The van der Waals surface area contributed by atoms with E-state index in [1.807, 2.05) is 0 Å². The van der Waals surface area contributed by atoms with Crippen LogP contribution in [0, 0.1) is 18.1 Å². The van der Waals surface area contributed by atoms with E-state index < -0.39 is 0 Å². The summed E-state index contributed by atoms with van der Waals surface area (Å²) in [5, 5.41) is 0. The van der Waals surface area contributed by atoms with Crippen LogP contribution in [-0.2, 0) is 0 Å². The first kappa shape index (κ1) is 9.84. The maximum Gasteiger partial charge on any atom is 0.127 e. The number of halogens is 2. The summed E-state index contributed by atoms with van der Waals surface area (Å²) in [6.45, 7) is 0. The highest BCUT2D eigenvalue weighted by Crippen LogP contribution is 2.15. The van der Waals surface area contributed by atoms with Crippen molar-refractivity contribution in [3.05, 3.63) is 77.7 Å². The molecule has 0 spiro atoms. The third-order valence-electron chi connectivity index (χ3n) is 2.08. The molecule has 0 aliphatic rings. The van der Waals surface area contributed by atoms with Gasteiger partial charge in [-0.2, -0.15) is 0 Å². The van der Waals surface area contributed by atoms with Crippen molar-refractivity contribution in [2.24, 2.45) is 0 Å². The van der Waals surface area contributed by atoms with Crippen molar-refractivity contribution in [3.8, 4) is 0 Å². The zero-order valence-corrected chi connectivity index (χ0v) is 7.95. The van der Waals surface area contributed by atoms with Gasteiger partial charge in [0.25, 0.3) is 0 Å². The van der Waals surface area contributed by atoms with E-state index in [9.17, 15) is 8.78 Å².